The summed E-state index contributed by atoms with van der Waals surface area (Å²) >= 11 is 0. The molecule has 0 fully saturated rings. The number of aromatic nitrogens is 1. The van der Waals surface area contributed by atoms with Crippen molar-refractivity contribution in [3.8, 4) is 0 Å². The van der Waals surface area contributed by atoms with E-state index in [-0.39, 0.29) is 0 Å². The quantitative estimate of drug-likeness (QED) is 0.778. The van der Waals surface area contributed by atoms with Gasteiger partial charge in [-0.1, -0.05) is 0 Å². The zero-order valence-electron chi connectivity index (χ0n) is 7.18. The molecule has 1 aromatic heterocycles. The van der Waals surface area contributed by atoms with Crippen LogP contribution in [0.1, 0.15) is 11.1 Å². The van der Waals surface area contributed by atoms with Gasteiger partial charge in [-0.2, -0.15) is 13.2 Å². The maximum Gasteiger partial charge on any atom is 0.418 e. The van der Waals surface area contributed by atoms with E-state index < -0.39 is 35.5 Å². The average molecular weight is 223 g/mol. The Morgan fingerprint density at radius 2 is 2.00 bits per heavy atom. The lowest BCUT2D eigenvalue weighted by molar-refractivity contribution is -0.140. The van der Waals surface area contributed by atoms with Crippen LogP contribution in [-0.2, 0) is 17.4 Å². The molecule has 1 N–H and O–H groups in total. The first-order valence-corrected chi connectivity index (χ1v) is 3.73. The zero-order chi connectivity index (χ0) is 11.6. The number of pyridine rings is 1. The smallest absolute Gasteiger partial charge is 0.418 e. The number of hydrogen-bond donors (Lipinski definition) is 1. The van der Waals surface area contributed by atoms with E-state index in [0.717, 1.165) is 0 Å². The molecule has 0 aromatic carbocycles. The van der Waals surface area contributed by atoms with Gasteiger partial charge in [0.25, 0.3) is 0 Å². The Kier molecular flexibility index (Phi) is 2.92. The monoisotopic (exact) mass is 223 g/mol. The van der Waals surface area contributed by atoms with Gasteiger partial charge >= 0.3 is 12.1 Å². The summed E-state index contributed by atoms with van der Waals surface area (Å²) in [5.74, 6) is -2.81. The van der Waals surface area contributed by atoms with Gasteiger partial charge in [-0.15, -0.1) is 0 Å². The molecule has 82 valence electrons. The molecule has 0 saturated heterocycles. The first-order chi connectivity index (χ1) is 6.82. The van der Waals surface area contributed by atoms with E-state index in [1.165, 1.54) is 0 Å². The molecule has 7 heteroatoms. The SMILES string of the molecule is O=C(O)Cc1c(F)cncc1C(F)(F)F. The van der Waals surface area contributed by atoms with Crippen molar-refractivity contribution in [2.24, 2.45) is 0 Å². The third-order valence-electron chi connectivity index (χ3n) is 1.64. The van der Waals surface area contributed by atoms with Gasteiger partial charge in [-0.3, -0.25) is 9.78 Å². The van der Waals surface area contributed by atoms with Crippen molar-refractivity contribution >= 4 is 5.97 Å². The van der Waals surface area contributed by atoms with Crippen LogP contribution >= 0.6 is 0 Å². The van der Waals surface area contributed by atoms with Gasteiger partial charge in [0.15, 0.2) is 0 Å². The number of carboxylic acid groups (broad SMARTS) is 1. The Bertz CT molecular complexity index is 389. The normalized spacial score (nSPS) is 11.5. The second kappa shape index (κ2) is 3.84. The third kappa shape index (κ3) is 2.64. The highest BCUT2D eigenvalue weighted by Gasteiger charge is 2.35. The Balaban J connectivity index is 3.26. The molecule has 3 nitrogen and oxygen atoms in total. The number of aliphatic carboxylic acids is 1. The largest absolute Gasteiger partial charge is 0.481 e. The molecule has 0 spiro atoms. The summed E-state index contributed by atoms with van der Waals surface area (Å²) < 4.78 is 49.8. The minimum absolute atomic E-state index is 0.404. The van der Waals surface area contributed by atoms with Crippen molar-refractivity contribution in [2.75, 3.05) is 0 Å². The van der Waals surface area contributed by atoms with Crippen LogP contribution in [0, 0.1) is 5.82 Å². The Labute approximate surface area is 81.4 Å². The van der Waals surface area contributed by atoms with E-state index in [0.29, 0.717) is 12.4 Å². The molecular weight excluding hydrogens is 218 g/mol. The Hall–Kier alpha value is -1.66. The van der Waals surface area contributed by atoms with E-state index in [1.807, 2.05) is 0 Å². The molecule has 1 heterocycles. The molecule has 0 unspecified atom stereocenters. The van der Waals surface area contributed by atoms with Gasteiger partial charge in [0.05, 0.1) is 18.2 Å². The summed E-state index contributed by atoms with van der Waals surface area (Å²) in [5, 5.41) is 8.33. The molecule has 0 radical (unpaired) electrons. The number of hydrogen-bond acceptors (Lipinski definition) is 2. The van der Waals surface area contributed by atoms with E-state index >= 15 is 0 Å². The van der Waals surface area contributed by atoms with Crippen molar-refractivity contribution in [1.29, 1.82) is 0 Å². The molecule has 0 amide bonds. The van der Waals surface area contributed by atoms with Gasteiger partial charge in [0.1, 0.15) is 5.82 Å². The molecule has 1 rings (SSSR count). The molecule has 0 bridgehead atoms. The summed E-state index contributed by atoms with van der Waals surface area (Å²) in [5.41, 5.74) is -2.25. The first kappa shape index (κ1) is 11.4. The van der Waals surface area contributed by atoms with Crippen molar-refractivity contribution in [1.82, 2.24) is 4.98 Å². The number of carboxylic acids is 1. The highest BCUT2D eigenvalue weighted by molar-refractivity contribution is 5.70. The third-order valence-corrected chi connectivity index (χ3v) is 1.64. The summed E-state index contributed by atoms with van der Waals surface area (Å²) in [6.07, 6.45) is -4.88. The highest BCUT2D eigenvalue weighted by Crippen LogP contribution is 2.32. The predicted octanol–water partition coefficient (Wildman–Crippen LogP) is 1.87. The Morgan fingerprint density at radius 3 is 2.47 bits per heavy atom. The second-order valence-corrected chi connectivity index (χ2v) is 2.72. The number of halogens is 4. The van der Waals surface area contributed by atoms with Crippen LogP contribution in [0.2, 0.25) is 0 Å². The fourth-order valence-electron chi connectivity index (χ4n) is 1.04. The van der Waals surface area contributed by atoms with Crippen LogP contribution < -0.4 is 0 Å². The molecule has 1 aromatic rings. The van der Waals surface area contributed by atoms with Crippen molar-refractivity contribution in [3.05, 3.63) is 29.3 Å². The van der Waals surface area contributed by atoms with Gasteiger partial charge < -0.3 is 5.11 Å². The minimum Gasteiger partial charge on any atom is -0.481 e. The molecular formula is C8H5F4NO2. The zero-order valence-corrected chi connectivity index (χ0v) is 7.18. The van der Waals surface area contributed by atoms with Gasteiger partial charge in [-0.05, 0) is 0 Å². The van der Waals surface area contributed by atoms with E-state index in [2.05, 4.69) is 4.98 Å². The summed E-state index contributed by atoms with van der Waals surface area (Å²) in [7, 11) is 0. The Morgan fingerprint density at radius 1 is 1.40 bits per heavy atom. The number of rotatable bonds is 2. The van der Waals surface area contributed by atoms with Crippen LogP contribution in [0.15, 0.2) is 12.4 Å². The molecule has 0 atom stereocenters. The summed E-state index contributed by atoms with van der Waals surface area (Å²) in [4.78, 5) is 13.3. The molecule has 15 heavy (non-hydrogen) atoms. The predicted molar refractivity (Wildman–Crippen MR) is 40.5 cm³/mol. The van der Waals surface area contributed by atoms with E-state index in [1.54, 1.807) is 0 Å². The number of alkyl halides is 3. The van der Waals surface area contributed by atoms with Crippen LogP contribution in [0.5, 0.6) is 0 Å². The van der Waals surface area contributed by atoms with Crippen molar-refractivity contribution in [2.45, 2.75) is 12.6 Å². The maximum atomic E-state index is 12.9. The maximum absolute atomic E-state index is 12.9. The summed E-state index contributed by atoms with van der Waals surface area (Å²) in [6, 6.07) is 0. The standard InChI is InChI=1S/C8H5F4NO2/c9-6-3-13-2-5(8(10,11)12)4(6)1-7(14)15/h2-3H,1H2,(H,14,15). The average Bonchev–Trinajstić information content (AvgIpc) is 2.05. The molecule has 0 aliphatic carbocycles. The molecule has 0 saturated carbocycles. The van der Waals surface area contributed by atoms with E-state index in [4.69, 9.17) is 5.11 Å². The molecule has 0 aliphatic rings. The van der Waals surface area contributed by atoms with Gasteiger partial charge in [0, 0.05) is 11.8 Å². The summed E-state index contributed by atoms with van der Waals surface area (Å²) in [6.45, 7) is 0. The molecule has 0 aliphatic heterocycles. The minimum atomic E-state index is -4.81. The fraction of sp³-hybridized carbons (Fsp3) is 0.250. The lowest BCUT2D eigenvalue weighted by Crippen LogP contribution is -2.14. The number of carbonyl (C=O) groups is 1. The highest BCUT2D eigenvalue weighted by atomic mass is 19.4. The lowest BCUT2D eigenvalue weighted by atomic mass is 10.1. The van der Waals surface area contributed by atoms with Crippen LogP contribution in [0.25, 0.3) is 0 Å². The van der Waals surface area contributed by atoms with Crippen LogP contribution in [0.4, 0.5) is 17.6 Å². The fourth-order valence-corrected chi connectivity index (χ4v) is 1.04. The van der Waals surface area contributed by atoms with E-state index in [9.17, 15) is 22.4 Å². The lowest BCUT2D eigenvalue weighted by Gasteiger charge is -2.10. The van der Waals surface area contributed by atoms with Gasteiger partial charge in [0.2, 0.25) is 0 Å². The number of nitrogens with zero attached hydrogens (tertiary/aromatic N) is 1. The topological polar surface area (TPSA) is 50.2 Å². The van der Waals surface area contributed by atoms with Crippen LogP contribution in [0.3, 0.4) is 0 Å². The second-order valence-electron chi connectivity index (χ2n) is 2.72. The van der Waals surface area contributed by atoms with Crippen LogP contribution in [-0.4, -0.2) is 16.1 Å². The van der Waals surface area contributed by atoms with Gasteiger partial charge in [-0.25, -0.2) is 4.39 Å². The van der Waals surface area contributed by atoms with Crippen molar-refractivity contribution < 1.29 is 27.5 Å². The van der Waals surface area contributed by atoms with Crippen molar-refractivity contribution in [3.63, 3.8) is 0 Å². The first-order valence-electron chi connectivity index (χ1n) is 3.73.